The lowest BCUT2D eigenvalue weighted by Gasteiger charge is -2.27. The summed E-state index contributed by atoms with van der Waals surface area (Å²) in [6.45, 7) is 4.06. The molecule has 0 saturated heterocycles. The zero-order chi connectivity index (χ0) is 38.2. The second-order valence-corrected chi connectivity index (χ2v) is 16.1. The Bertz CT molecular complexity index is 746. The van der Waals surface area contributed by atoms with Crippen molar-refractivity contribution in [2.24, 2.45) is 0 Å². The molecule has 0 heterocycles. The molecule has 4 unspecified atom stereocenters. The van der Waals surface area contributed by atoms with E-state index in [4.69, 9.17) is 0 Å². The first-order valence-electron chi connectivity index (χ1n) is 23.1. The molecule has 6 nitrogen and oxygen atoms in total. The molecule has 0 saturated carbocycles. The first kappa shape index (κ1) is 51.0. The van der Waals surface area contributed by atoms with E-state index < -0.39 is 36.9 Å². The predicted molar refractivity (Wildman–Crippen MR) is 224 cm³/mol. The van der Waals surface area contributed by atoms with Gasteiger partial charge in [0.1, 0.15) is 12.2 Å². The van der Waals surface area contributed by atoms with Gasteiger partial charge in [-0.05, 0) is 38.5 Å². The smallest absolute Gasteiger partial charge is 0.249 e. The minimum Gasteiger partial charge on any atom is -0.394 e. The Morgan fingerprint density at radius 1 is 0.462 bits per heavy atom. The molecular weight excluding hydrogens is 647 g/mol. The van der Waals surface area contributed by atoms with Crippen LogP contribution in [0.15, 0.2) is 12.2 Å². The van der Waals surface area contributed by atoms with Crippen molar-refractivity contribution in [3.8, 4) is 0 Å². The Kier molecular flexibility index (Phi) is 40.5. The number of rotatable bonds is 42. The number of hydrogen-bond donors (Lipinski definition) is 5. The van der Waals surface area contributed by atoms with Crippen molar-refractivity contribution < 1.29 is 25.2 Å². The van der Waals surface area contributed by atoms with Gasteiger partial charge in [0.2, 0.25) is 5.91 Å². The lowest BCUT2D eigenvalue weighted by molar-refractivity contribution is -0.132. The standard InChI is InChI=1S/C46H91NO5/c1-3-5-7-9-11-13-15-17-19-20-21-22-23-24-25-26-28-30-32-34-36-38-40-44(50)46(52)47-42(41-48)45(51)43(49)39-37-35-33-31-29-27-18-16-14-12-10-8-6-4-2/h24-25,42-45,48-51H,3-23,26-41H2,1-2H3,(H,47,52)/b25-24-. The number of unbranched alkanes of at least 4 members (excludes halogenated alkanes) is 31. The van der Waals surface area contributed by atoms with Crippen molar-refractivity contribution >= 4 is 5.91 Å². The van der Waals surface area contributed by atoms with E-state index in [1.165, 1.54) is 173 Å². The van der Waals surface area contributed by atoms with Gasteiger partial charge in [-0.1, -0.05) is 219 Å². The first-order valence-corrected chi connectivity index (χ1v) is 23.1. The van der Waals surface area contributed by atoms with Crippen LogP contribution < -0.4 is 5.32 Å². The number of carbonyl (C=O) groups excluding carboxylic acids is 1. The average Bonchev–Trinajstić information content (AvgIpc) is 3.15. The molecule has 0 radical (unpaired) electrons. The van der Waals surface area contributed by atoms with Crippen LogP contribution in [0.4, 0.5) is 0 Å². The highest BCUT2D eigenvalue weighted by atomic mass is 16.3. The molecular formula is C46H91NO5. The molecule has 6 heteroatoms. The molecule has 5 N–H and O–H groups in total. The quantitative estimate of drug-likeness (QED) is 0.0316. The minimum atomic E-state index is -1.26. The summed E-state index contributed by atoms with van der Waals surface area (Å²) in [5.74, 6) is -0.586. The monoisotopic (exact) mass is 738 g/mol. The molecule has 1 amide bonds. The normalized spacial score (nSPS) is 14.2. The molecule has 0 aromatic rings. The summed E-state index contributed by atoms with van der Waals surface area (Å²) in [6.07, 6.45) is 45.3. The van der Waals surface area contributed by atoms with Crippen LogP contribution in [0.25, 0.3) is 0 Å². The summed E-state index contributed by atoms with van der Waals surface area (Å²) < 4.78 is 0. The van der Waals surface area contributed by atoms with Crippen LogP contribution in [0.1, 0.15) is 245 Å². The van der Waals surface area contributed by atoms with Crippen LogP contribution in [0.2, 0.25) is 0 Å². The lowest BCUT2D eigenvalue weighted by atomic mass is 9.99. The molecule has 0 aromatic carbocycles. The number of amides is 1. The molecule has 0 fully saturated rings. The SMILES string of the molecule is CCCCCCCCCCCCCC/C=C\CCCCCCCCC(O)C(=O)NC(CO)C(O)C(O)CCCCCCCCCCCCCCCC. The lowest BCUT2D eigenvalue weighted by Crippen LogP contribution is -2.53. The fourth-order valence-electron chi connectivity index (χ4n) is 7.28. The third-order valence-electron chi connectivity index (χ3n) is 11.0. The Morgan fingerprint density at radius 3 is 1.12 bits per heavy atom. The molecule has 0 spiro atoms. The van der Waals surface area contributed by atoms with E-state index in [-0.39, 0.29) is 0 Å². The largest absolute Gasteiger partial charge is 0.394 e. The van der Waals surface area contributed by atoms with E-state index in [1.54, 1.807) is 0 Å². The van der Waals surface area contributed by atoms with Crippen molar-refractivity contribution in [3.63, 3.8) is 0 Å². The summed E-state index contributed by atoms with van der Waals surface area (Å²) in [5.41, 5.74) is 0. The van der Waals surface area contributed by atoms with Gasteiger partial charge < -0.3 is 25.7 Å². The molecule has 0 aliphatic rings. The second kappa shape index (κ2) is 41.2. The molecule has 4 atom stereocenters. The molecule has 0 aliphatic carbocycles. The fourth-order valence-corrected chi connectivity index (χ4v) is 7.28. The van der Waals surface area contributed by atoms with Crippen LogP contribution in [0.3, 0.4) is 0 Å². The maximum absolute atomic E-state index is 12.5. The van der Waals surface area contributed by atoms with Crippen molar-refractivity contribution in [2.75, 3.05) is 6.61 Å². The maximum atomic E-state index is 12.5. The average molecular weight is 738 g/mol. The van der Waals surface area contributed by atoms with Gasteiger partial charge in [-0.2, -0.15) is 0 Å². The number of aliphatic hydroxyl groups is 4. The zero-order valence-electron chi connectivity index (χ0n) is 34.8. The number of hydrogen-bond acceptors (Lipinski definition) is 5. The summed E-state index contributed by atoms with van der Waals surface area (Å²) >= 11 is 0. The van der Waals surface area contributed by atoms with Crippen LogP contribution in [0.5, 0.6) is 0 Å². The van der Waals surface area contributed by atoms with Gasteiger partial charge in [0, 0.05) is 0 Å². The van der Waals surface area contributed by atoms with Gasteiger partial charge in [0.15, 0.2) is 0 Å². The first-order chi connectivity index (χ1) is 25.5. The van der Waals surface area contributed by atoms with Gasteiger partial charge in [-0.25, -0.2) is 0 Å². The van der Waals surface area contributed by atoms with E-state index in [1.807, 2.05) is 0 Å². The van der Waals surface area contributed by atoms with E-state index in [2.05, 4.69) is 31.3 Å². The predicted octanol–water partition coefficient (Wildman–Crippen LogP) is 12.2. The molecule has 0 aliphatic heterocycles. The number of aliphatic hydroxyl groups excluding tert-OH is 4. The number of carbonyl (C=O) groups is 1. The van der Waals surface area contributed by atoms with Crippen LogP contribution in [-0.4, -0.2) is 57.3 Å². The van der Waals surface area contributed by atoms with Gasteiger partial charge in [0.05, 0.1) is 18.8 Å². The molecule has 0 aromatic heterocycles. The number of allylic oxidation sites excluding steroid dienone is 2. The van der Waals surface area contributed by atoms with Gasteiger partial charge >= 0.3 is 0 Å². The van der Waals surface area contributed by atoms with E-state index in [0.29, 0.717) is 12.8 Å². The summed E-state index contributed by atoms with van der Waals surface area (Å²) in [5, 5.41) is 43.7. The van der Waals surface area contributed by atoms with E-state index >= 15 is 0 Å². The molecule has 310 valence electrons. The minimum absolute atomic E-state index is 0.365. The van der Waals surface area contributed by atoms with Crippen molar-refractivity contribution in [3.05, 3.63) is 12.2 Å². The van der Waals surface area contributed by atoms with Crippen LogP contribution in [0, 0.1) is 0 Å². The summed E-state index contributed by atoms with van der Waals surface area (Å²) in [4.78, 5) is 12.5. The van der Waals surface area contributed by atoms with Gasteiger partial charge in [-0.15, -0.1) is 0 Å². The molecule has 0 bridgehead atoms. The van der Waals surface area contributed by atoms with Crippen molar-refractivity contribution in [1.29, 1.82) is 0 Å². The Labute approximate surface area is 323 Å². The Morgan fingerprint density at radius 2 is 0.769 bits per heavy atom. The second-order valence-electron chi connectivity index (χ2n) is 16.1. The van der Waals surface area contributed by atoms with Crippen molar-refractivity contribution in [1.82, 2.24) is 5.32 Å². The summed E-state index contributed by atoms with van der Waals surface area (Å²) in [7, 11) is 0. The van der Waals surface area contributed by atoms with Gasteiger partial charge in [-0.3, -0.25) is 4.79 Å². The zero-order valence-corrected chi connectivity index (χ0v) is 34.8. The van der Waals surface area contributed by atoms with Gasteiger partial charge in [0.25, 0.3) is 0 Å². The third-order valence-corrected chi connectivity index (χ3v) is 11.0. The third kappa shape index (κ3) is 34.8. The topological polar surface area (TPSA) is 110 Å². The summed E-state index contributed by atoms with van der Waals surface area (Å²) in [6, 6.07) is -0.984. The maximum Gasteiger partial charge on any atom is 0.249 e. The fraction of sp³-hybridized carbons (Fsp3) is 0.935. The number of nitrogens with one attached hydrogen (secondary N) is 1. The Balaban J connectivity index is 3.70. The van der Waals surface area contributed by atoms with E-state index in [0.717, 1.165) is 44.9 Å². The highest BCUT2D eigenvalue weighted by molar-refractivity contribution is 5.80. The van der Waals surface area contributed by atoms with E-state index in [9.17, 15) is 25.2 Å². The van der Waals surface area contributed by atoms with Crippen LogP contribution >= 0.6 is 0 Å². The Hall–Kier alpha value is -0.950. The molecule has 52 heavy (non-hydrogen) atoms. The van der Waals surface area contributed by atoms with Crippen LogP contribution in [-0.2, 0) is 4.79 Å². The highest BCUT2D eigenvalue weighted by Gasteiger charge is 2.28. The van der Waals surface area contributed by atoms with Crippen molar-refractivity contribution in [2.45, 2.75) is 269 Å². The molecule has 0 rings (SSSR count). The highest BCUT2D eigenvalue weighted by Crippen LogP contribution is 2.17.